The lowest BCUT2D eigenvalue weighted by molar-refractivity contribution is 0.237. The first-order chi connectivity index (χ1) is 19.5. The SMILES string of the molecule is Cc1ncc(-c2ccc3[nH]nc(-c4nc5c(-c6cc(F)cc(OCCN7CCCC7)c6)cccc5[nH]4)c3n2)n1C. The highest BCUT2D eigenvalue weighted by atomic mass is 19.1. The Balaban J connectivity index is 1.23. The number of aryl methyl sites for hydroxylation is 1. The summed E-state index contributed by atoms with van der Waals surface area (Å²) >= 11 is 0. The van der Waals surface area contributed by atoms with E-state index in [1.165, 1.54) is 25.0 Å². The molecule has 7 rings (SSSR count). The number of halogens is 1. The number of likely N-dealkylation sites (tertiary alicyclic amines) is 1. The average molecular weight is 537 g/mol. The van der Waals surface area contributed by atoms with Crippen molar-refractivity contribution in [2.75, 3.05) is 26.2 Å². The van der Waals surface area contributed by atoms with Gasteiger partial charge in [0.15, 0.2) is 11.5 Å². The molecule has 2 aromatic carbocycles. The fraction of sp³-hybridized carbons (Fsp3) is 0.267. The third-order valence-electron chi connectivity index (χ3n) is 7.68. The minimum atomic E-state index is -0.345. The van der Waals surface area contributed by atoms with Crippen LogP contribution in [0.15, 0.2) is 54.7 Å². The van der Waals surface area contributed by atoms with Gasteiger partial charge in [0.2, 0.25) is 0 Å². The molecule has 202 valence electrons. The summed E-state index contributed by atoms with van der Waals surface area (Å²) in [5.41, 5.74) is 6.90. The van der Waals surface area contributed by atoms with Gasteiger partial charge in [-0.1, -0.05) is 12.1 Å². The topological polar surface area (TPSA) is 101 Å². The first-order valence-corrected chi connectivity index (χ1v) is 13.5. The van der Waals surface area contributed by atoms with Gasteiger partial charge in [-0.05, 0) is 68.8 Å². The second-order valence-electron chi connectivity index (χ2n) is 10.3. The number of imidazole rings is 2. The monoisotopic (exact) mass is 536 g/mol. The van der Waals surface area contributed by atoms with E-state index < -0.39 is 0 Å². The van der Waals surface area contributed by atoms with E-state index in [1.54, 1.807) is 0 Å². The maximum atomic E-state index is 14.7. The van der Waals surface area contributed by atoms with Crippen LogP contribution in [0.4, 0.5) is 4.39 Å². The first-order valence-electron chi connectivity index (χ1n) is 13.5. The summed E-state index contributed by atoms with van der Waals surface area (Å²) in [6.07, 6.45) is 4.28. The zero-order chi connectivity index (χ0) is 27.2. The van der Waals surface area contributed by atoms with Crippen molar-refractivity contribution in [2.45, 2.75) is 19.8 Å². The molecule has 0 radical (unpaired) electrons. The Morgan fingerprint density at radius 2 is 1.88 bits per heavy atom. The Hall–Kier alpha value is -4.57. The zero-order valence-electron chi connectivity index (χ0n) is 22.4. The second-order valence-corrected chi connectivity index (χ2v) is 10.3. The standard InChI is InChI=1S/C30H29FN8O/c1-18-32-17-26(38(18)2)23-8-9-25-28(33-23)29(37-36-25)30-34-24-7-5-6-22(27(24)35-30)19-14-20(31)16-21(15-19)40-13-12-39-10-3-4-11-39/h5-9,14-17H,3-4,10-13H2,1-2H3,(H,34,35)(H,36,37). The molecule has 0 amide bonds. The van der Waals surface area contributed by atoms with Gasteiger partial charge in [-0.25, -0.2) is 19.3 Å². The van der Waals surface area contributed by atoms with Crippen LogP contribution in [0.25, 0.3) is 56.1 Å². The normalized spacial score (nSPS) is 14.1. The number of benzene rings is 2. The highest BCUT2D eigenvalue weighted by molar-refractivity contribution is 5.96. The van der Waals surface area contributed by atoms with Gasteiger partial charge in [0.05, 0.1) is 34.1 Å². The van der Waals surface area contributed by atoms with Crippen LogP contribution in [0.1, 0.15) is 18.7 Å². The van der Waals surface area contributed by atoms with Crippen LogP contribution in [-0.4, -0.2) is 65.8 Å². The molecule has 5 heterocycles. The van der Waals surface area contributed by atoms with Gasteiger partial charge >= 0.3 is 0 Å². The number of ether oxygens (including phenoxy) is 1. The fourth-order valence-corrected chi connectivity index (χ4v) is 5.42. The van der Waals surface area contributed by atoms with E-state index in [9.17, 15) is 4.39 Å². The summed E-state index contributed by atoms with van der Waals surface area (Å²) in [7, 11) is 1.97. The molecule has 0 aliphatic carbocycles. The van der Waals surface area contributed by atoms with Crippen molar-refractivity contribution >= 4 is 22.1 Å². The molecule has 40 heavy (non-hydrogen) atoms. The molecule has 9 nitrogen and oxygen atoms in total. The van der Waals surface area contributed by atoms with Gasteiger partial charge in [-0.3, -0.25) is 10.00 Å². The number of pyridine rings is 1. The maximum absolute atomic E-state index is 14.7. The van der Waals surface area contributed by atoms with E-state index in [0.717, 1.165) is 59.0 Å². The minimum Gasteiger partial charge on any atom is -0.492 e. The summed E-state index contributed by atoms with van der Waals surface area (Å²) in [6.45, 7) is 5.54. The van der Waals surface area contributed by atoms with Crippen molar-refractivity contribution in [1.82, 2.24) is 39.6 Å². The van der Waals surface area contributed by atoms with Crippen LogP contribution in [0.2, 0.25) is 0 Å². The van der Waals surface area contributed by atoms with Crippen LogP contribution in [0.5, 0.6) is 5.75 Å². The summed E-state index contributed by atoms with van der Waals surface area (Å²) in [5.74, 6) is 1.66. The highest BCUT2D eigenvalue weighted by Crippen LogP contribution is 2.33. The van der Waals surface area contributed by atoms with Gasteiger partial charge in [-0.2, -0.15) is 5.10 Å². The molecule has 1 saturated heterocycles. The van der Waals surface area contributed by atoms with Gasteiger partial charge in [0, 0.05) is 25.2 Å². The molecular formula is C30H29FN8O. The Morgan fingerprint density at radius 1 is 1.00 bits per heavy atom. The quantitative estimate of drug-likeness (QED) is 0.280. The number of H-pyrrole nitrogens is 2. The number of para-hydroxylation sites is 1. The number of aromatic amines is 2. The number of rotatable bonds is 7. The molecule has 6 aromatic rings. The van der Waals surface area contributed by atoms with Gasteiger partial charge in [0.1, 0.15) is 29.5 Å². The number of fused-ring (bicyclic) bond motifs is 2. The molecule has 2 N–H and O–H groups in total. The number of nitrogens with one attached hydrogen (secondary N) is 2. The Labute approximate surface area is 230 Å². The van der Waals surface area contributed by atoms with Crippen molar-refractivity contribution in [3.8, 4) is 39.8 Å². The average Bonchev–Trinajstić information content (AvgIpc) is 3.75. The molecule has 1 aliphatic heterocycles. The zero-order valence-corrected chi connectivity index (χ0v) is 22.4. The molecule has 1 aliphatic rings. The Kier molecular flexibility index (Phi) is 6.04. The lowest BCUT2D eigenvalue weighted by Crippen LogP contribution is -2.25. The predicted octanol–water partition coefficient (Wildman–Crippen LogP) is 5.49. The van der Waals surface area contributed by atoms with Crippen molar-refractivity contribution in [3.05, 3.63) is 66.4 Å². The van der Waals surface area contributed by atoms with Crippen molar-refractivity contribution in [3.63, 3.8) is 0 Å². The molecule has 10 heteroatoms. The van der Waals surface area contributed by atoms with Crippen LogP contribution in [-0.2, 0) is 7.05 Å². The van der Waals surface area contributed by atoms with Crippen LogP contribution in [0, 0.1) is 12.7 Å². The fourth-order valence-electron chi connectivity index (χ4n) is 5.42. The molecular weight excluding hydrogens is 507 g/mol. The molecule has 0 bridgehead atoms. The predicted molar refractivity (Wildman–Crippen MR) is 152 cm³/mol. The molecule has 4 aromatic heterocycles. The first kappa shape index (κ1) is 24.5. The van der Waals surface area contributed by atoms with Crippen molar-refractivity contribution in [2.24, 2.45) is 7.05 Å². The van der Waals surface area contributed by atoms with Crippen LogP contribution in [0.3, 0.4) is 0 Å². The highest BCUT2D eigenvalue weighted by Gasteiger charge is 2.18. The molecule has 0 unspecified atom stereocenters. The van der Waals surface area contributed by atoms with Crippen LogP contribution < -0.4 is 4.74 Å². The van der Waals surface area contributed by atoms with E-state index in [1.807, 2.05) is 61.1 Å². The van der Waals surface area contributed by atoms with Gasteiger partial charge in [-0.15, -0.1) is 0 Å². The molecule has 1 fully saturated rings. The van der Waals surface area contributed by atoms with Gasteiger partial charge < -0.3 is 14.3 Å². The minimum absolute atomic E-state index is 0.345. The summed E-state index contributed by atoms with van der Waals surface area (Å²) in [5, 5.41) is 7.60. The molecule has 0 atom stereocenters. The number of hydrogen-bond acceptors (Lipinski definition) is 6. The third kappa shape index (κ3) is 4.40. The van der Waals surface area contributed by atoms with E-state index in [2.05, 4.69) is 25.1 Å². The van der Waals surface area contributed by atoms with E-state index in [0.29, 0.717) is 35.0 Å². The maximum Gasteiger partial charge on any atom is 0.161 e. The van der Waals surface area contributed by atoms with Crippen molar-refractivity contribution < 1.29 is 9.13 Å². The van der Waals surface area contributed by atoms with E-state index >= 15 is 0 Å². The Bertz CT molecular complexity index is 1850. The largest absolute Gasteiger partial charge is 0.492 e. The summed E-state index contributed by atoms with van der Waals surface area (Å²) in [6, 6.07) is 14.6. The smallest absolute Gasteiger partial charge is 0.161 e. The van der Waals surface area contributed by atoms with Crippen LogP contribution >= 0.6 is 0 Å². The third-order valence-corrected chi connectivity index (χ3v) is 7.68. The summed E-state index contributed by atoms with van der Waals surface area (Å²) in [4.78, 5) is 20.0. The molecule has 0 spiro atoms. The summed E-state index contributed by atoms with van der Waals surface area (Å²) < 4.78 is 22.7. The number of nitrogens with zero attached hydrogens (tertiary/aromatic N) is 6. The molecule has 0 saturated carbocycles. The number of hydrogen-bond donors (Lipinski definition) is 2. The lowest BCUT2D eigenvalue weighted by Gasteiger charge is -2.15. The van der Waals surface area contributed by atoms with E-state index in [4.69, 9.17) is 14.7 Å². The van der Waals surface area contributed by atoms with Gasteiger partial charge in [0.25, 0.3) is 0 Å². The van der Waals surface area contributed by atoms with E-state index in [-0.39, 0.29) is 5.82 Å². The number of aromatic nitrogens is 7. The Morgan fingerprint density at radius 3 is 2.70 bits per heavy atom. The second kappa shape index (κ2) is 9.87. The van der Waals surface area contributed by atoms with Crippen molar-refractivity contribution in [1.29, 1.82) is 0 Å². The lowest BCUT2D eigenvalue weighted by atomic mass is 10.0.